The van der Waals surface area contributed by atoms with Gasteiger partial charge in [-0.3, -0.25) is 0 Å². The van der Waals surface area contributed by atoms with Gasteiger partial charge in [0.05, 0.1) is 0 Å². The molecule has 0 spiro atoms. The van der Waals surface area contributed by atoms with Crippen LogP contribution >= 0.6 is 0 Å². The zero-order chi connectivity index (χ0) is 14.9. The first-order valence-corrected chi connectivity index (χ1v) is 10.0. The van der Waals surface area contributed by atoms with Crippen molar-refractivity contribution in [1.82, 2.24) is 14.3 Å². The lowest BCUT2D eigenvalue weighted by atomic mass is 10.1. The maximum atomic E-state index is 12.7. The van der Waals surface area contributed by atoms with Gasteiger partial charge in [0.1, 0.15) is 0 Å². The average Bonchev–Trinajstić information content (AvgIpc) is 3.21. The van der Waals surface area contributed by atoms with Crippen LogP contribution in [0.1, 0.15) is 58.3 Å². The minimum absolute atomic E-state index is 0.133. The van der Waals surface area contributed by atoms with E-state index in [2.05, 4.69) is 17.0 Å². The van der Waals surface area contributed by atoms with Gasteiger partial charge in [0.15, 0.2) is 0 Å². The summed E-state index contributed by atoms with van der Waals surface area (Å²) in [6.45, 7) is 3.64. The van der Waals surface area contributed by atoms with E-state index in [-0.39, 0.29) is 12.1 Å². The summed E-state index contributed by atoms with van der Waals surface area (Å²) in [5, 5.41) is 3.50. The van der Waals surface area contributed by atoms with Gasteiger partial charge in [0, 0.05) is 31.2 Å². The Hall–Kier alpha value is -0.170. The van der Waals surface area contributed by atoms with Crippen LogP contribution in [0.2, 0.25) is 0 Å². The third kappa shape index (κ3) is 3.97. The maximum Gasteiger partial charge on any atom is 0.280 e. The molecule has 2 saturated carbocycles. The second kappa shape index (κ2) is 6.52. The second-order valence-corrected chi connectivity index (χ2v) is 8.74. The van der Waals surface area contributed by atoms with Gasteiger partial charge in [0.2, 0.25) is 0 Å². The third-order valence-electron chi connectivity index (χ3n) is 5.26. The van der Waals surface area contributed by atoms with Crippen LogP contribution in [-0.4, -0.2) is 43.9 Å². The van der Waals surface area contributed by atoms with Crippen LogP contribution in [-0.2, 0) is 10.2 Å². The Balaban J connectivity index is 1.62. The van der Waals surface area contributed by atoms with Crippen molar-refractivity contribution in [2.45, 2.75) is 76.4 Å². The standard InChI is InChI=1S/C15H29N3O2S/c1-12-5-4-7-15(12)17-21(19,20)18-10-3-2-6-14(18)11-16-13-8-9-13/h12-17H,2-11H2,1H3. The summed E-state index contributed by atoms with van der Waals surface area (Å²) in [5.74, 6) is 0.465. The molecule has 6 heteroatoms. The van der Waals surface area contributed by atoms with Crippen LogP contribution in [0.15, 0.2) is 0 Å². The quantitative estimate of drug-likeness (QED) is 0.783. The summed E-state index contributed by atoms with van der Waals surface area (Å²) in [5.41, 5.74) is 0. The molecule has 0 radical (unpaired) electrons. The molecule has 3 fully saturated rings. The van der Waals surface area contributed by atoms with Gasteiger partial charge in [-0.1, -0.05) is 19.8 Å². The van der Waals surface area contributed by atoms with Crippen LogP contribution in [0.25, 0.3) is 0 Å². The molecule has 5 nitrogen and oxygen atoms in total. The number of nitrogens with zero attached hydrogens (tertiary/aromatic N) is 1. The number of nitrogens with one attached hydrogen (secondary N) is 2. The summed E-state index contributed by atoms with van der Waals surface area (Å²) in [6.07, 6.45) is 8.87. The number of hydrogen-bond donors (Lipinski definition) is 2. The highest BCUT2D eigenvalue weighted by molar-refractivity contribution is 7.87. The zero-order valence-corrected chi connectivity index (χ0v) is 13.9. The molecular weight excluding hydrogens is 286 g/mol. The zero-order valence-electron chi connectivity index (χ0n) is 13.1. The molecule has 0 aromatic carbocycles. The third-order valence-corrected chi connectivity index (χ3v) is 6.96. The first-order valence-electron chi connectivity index (χ1n) is 8.59. The Morgan fingerprint density at radius 1 is 1.05 bits per heavy atom. The van der Waals surface area contributed by atoms with Crippen molar-refractivity contribution >= 4 is 10.2 Å². The lowest BCUT2D eigenvalue weighted by Gasteiger charge is -2.36. The SMILES string of the molecule is CC1CCCC1NS(=O)(=O)N1CCCCC1CNC1CC1. The van der Waals surface area contributed by atoms with E-state index in [9.17, 15) is 8.42 Å². The van der Waals surface area contributed by atoms with E-state index in [1.54, 1.807) is 4.31 Å². The van der Waals surface area contributed by atoms with E-state index >= 15 is 0 Å². The highest BCUT2D eigenvalue weighted by Gasteiger charge is 2.36. The van der Waals surface area contributed by atoms with E-state index in [0.29, 0.717) is 18.5 Å². The van der Waals surface area contributed by atoms with Gasteiger partial charge in [-0.2, -0.15) is 17.4 Å². The molecule has 1 heterocycles. The Morgan fingerprint density at radius 2 is 1.86 bits per heavy atom. The van der Waals surface area contributed by atoms with E-state index in [1.165, 1.54) is 12.8 Å². The molecule has 122 valence electrons. The van der Waals surface area contributed by atoms with E-state index in [0.717, 1.165) is 45.1 Å². The monoisotopic (exact) mass is 315 g/mol. The molecule has 21 heavy (non-hydrogen) atoms. The summed E-state index contributed by atoms with van der Waals surface area (Å²) in [7, 11) is -3.33. The number of hydrogen-bond acceptors (Lipinski definition) is 3. The van der Waals surface area contributed by atoms with Crippen molar-refractivity contribution in [2.24, 2.45) is 5.92 Å². The molecule has 3 rings (SSSR count). The van der Waals surface area contributed by atoms with Crippen molar-refractivity contribution in [3.05, 3.63) is 0 Å². The van der Waals surface area contributed by atoms with Crippen molar-refractivity contribution in [2.75, 3.05) is 13.1 Å². The maximum absolute atomic E-state index is 12.7. The summed E-state index contributed by atoms with van der Waals surface area (Å²) >= 11 is 0. The Morgan fingerprint density at radius 3 is 2.52 bits per heavy atom. The molecule has 2 N–H and O–H groups in total. The van der Waals surface area contributed by atoms with Crippen molar-refractivity contribution in [3.8, 4) is 0 Å². The predicted molar refractivity (Wildman–Crippen MR) is 84.2 cm³/mol. The van der Waals surface area contributed by atoms with Crippen LogP contribution < -0.4 is 10.0 Å². The first kappa shape index (κ1) is 15.7. The van der Waals surface area contributed by atoms with Gasteiger partial charge in [-0.05, 0) is 44.4 Å². The minimum atomic E-state index is -3.33. The van der Waals surface area contributed by atoms with Crippen LogP contribution in [0.3, 0.4) is 0 Å². The molecule has 1 aliphatic heterocycles. The van der Waals surface area contributed by atoms with E-state index < -0.39 is 10.2 Å². The molecule has 0 amide bonds. The fourth-order valence-corrected chi connectivity index (χ4v) is 5.47. The van der Waals surface area contributed by atoms with E-state index in [4.69, 9.17) is 0 Å². The largest absolute Gasteiger partial charge is 0.312 e. The Bertz CT molecular complexity index is 450. The molecule has 3 unspecified atom stereocenters. The minimum Gasteiger partial charge on any atom is -0.312 e. The van der Waals surface area contributed by atoms with Crippen molar-refractivity contribution in [3.63, 3.8) is 0 Å². The number of rotatable bonds is 6. The fraction of sp³-hybridized carbons (Fsp3) is 1.00. The highest BCUT2D eigenvalue weighted by Crippen LogP contribution is 2.27. The summed E-state index contributed by atoms with van der Waals surface area (Å²) < 4.78 is 30.2. The summed E-state index contributed by atoms with van der Waals surface area (Å²) in [6, 6.07) is 0.904. The van der Waals surface area contributed by atoms with Crippen LogP contribution in [0, 0.1) is 5.92 Å². The average molecular weight is 315 g/mol. The van der Waals surface area contributed by atoms with Crippen molar-refractivity contribution < 1.29 is 8.42 Å². The van der Waals surface area contributed by atoms with Gasteiger partial charge in [-0.25, -0.2) is 0 Å². The lowest BCUT2D eigenvalue weighted by molar-refractivity contribution is 0.240. The fourth-order valence-electron chi connectivity index (χ4n) is 3.66. The van der Waals surface area contributed by atoms with Crippen molar-refractivity contribution in [1.29, 1.82) is 0 Å². The molecule has 1 saturated heterocycles. The Kier molecular flexibility index (Phi) is 4.88. The molecule has 0 aromatic rings. The molecule has 0 aromatic heterocycles. The van der Waals surface area contributed by atoms with E-state index in [1.807, 2.05) is 0 Å². The topological polar surface area (TPSA) is 61.4 Å². The Labute approximate surface area is 129 Å². The molecule has 0 bridgehead atoms. The van der Waals surface area contributed by atoms with Crippen LogP contribution in [0.5, 0.6) is 0 Å². The van der Waals surface area contributed by atoms with Gasteiger partial charge < -0.3 is 5.32 Å². The molecule has 2 aliphatic carbocycles. The van der Waals surface area contributed by atoms with Gasteiger partial charge in [0.25, 0.3) is 10.2 Å². The normalized spacial score (nSPS) is 35.2. The van der Waals surface area contributed by atoms with Crippen LogP contribution in [0.4, 0.5) is 0 Å². The molecular formula is C15H29N3O2S. The lowest BCUT2D eigenvalue weighted by Crippen LogP contribution is -2.54. The molecule has 3 aliphatic rings. The number of piperidine rings is 1. The predicted octanol–water partition coefficient (Wildman–Crippen LogP) is 1.62. The summed E-state index contributed by atoms with van der Waals surface area (Å²) in [4.78, 5) is 0. The highest BCUT2D eigenvalue weighted by atomic mass is 32.2. The first-order chi connectivity index (χ1) is 10.1. The van der Waals surface area contributed by atoms with Gasteiger partial charge >= 0.3 is 0 Å². The second-order valence-electron chi connectivity index (χ2n) is 7.08. The molecule has 3 atom stereocenters. The van der Waals surface area contributed by atoms with Gasteiger partial charge in [-0.15, -0.1) is 0 Å². The smallest absolute Gasteiger partial charge is 0.280 e.